The molecule has 88 valence electrons. The van der Waals surface area contributed by atoms with E-state index < -0.39 is 8.07 Å². The van der Waals surface area contributed by atoms with E-state index in [1.807, 2.05) is 0 Å². The molecular weight excluding hydrogens is 196 g/mol. The summed E-state index contributed by atoms with van der Waals surface area (Å²) < 4.78 is 0. The zero-order valence-electron chi connectivity index (χ0n) is 11.2. The summed E-state index contributed by atoms with van der Waals surface area (Å²) in [4.78, 5) is 0. The van der Waals surface area contributed by atoms with Gasteiger partial charge in [-0.3, -0.25) is 0 Å². The van der Waals surface area contributed by atoms with Gasteiger partial charge in [0, 0.05) is 6.42 Å². The Morgan fingerprint density at radius 1 is 0.800 bits per heavy atom. The molecule has 0 N–H and O–H groups in total. The molecule has 0 bridgehead atoms. The van der Waals surface area contributed by atoms with Crippen LogP contribution in [-0.2, 0) is 0 Å². The summed E-state index contributed by atoms with van der Waals surface area (Å²) in [5.74, 6) is 3.45. The van der Waals surface area contributed by atoms with Gasteiger partial charge in [0.1, 0.15) is 8.07 Å². The molecule has 0 rings (SSSR count). The lowest BCUT2D eigenvalue weighted by Crippen LogP contribution is -2.29. The Balaban J connectivity index is 3.90. The van der Waals surface area contributed by atoms with Gasteiger partial charge in [-0.15, -0.1) is 11.5 Å². The number of unbranched alkanes of at least 4 members (excludes halogenated alkanes) is 4. The van der Waals surface area contributed by atoms with E-state index in [0.717, 1.165) is 6.42 Å². The third-order valence-electron chi connectivity index (χ3n) is 3.54. The normalized spacial score (nSPS) is 10.9. The van der Waals surface area contributed by atoms with Gasteiger partial charge >= 0.3 is 0 Å². The van der Waals surface area contributed by atoms with Gasteiger partial charge in [0.15, 0.2) is 0 Å². The van der Waals surface area contributed by atoms with Gasteiger partial charge < -0.3 is 0 Å². The second-order valence-electron chi connectivity index (χ2n) is 4.45. The molecule has 0 amide bonds. The van der Waals surface area contributed by atoms with E-state index in [1.54, 1.807) is 0 Å². The third-order valence-corrected chi connectivity index (χ3v) is 8.31. The highest BCUT2D eigenvalue weighted by atomic mass is 28.3. The maximum Gasteiger partial charge on any atom is 0.137 e. The Kier molecular flexibility index (Phi) is 8.90. The molecule has 0 atom stereocenters. The molecule has 0 spiro atoms. The van der Waals surface area contributed by atoms with E-state index in [2.05, 4.69) is 39.2 Å². The fraction of sp³-hybridized carbons (Fsp3) is 0.857. The average Bonchev–Trinajstić information content (AvgIpc) is 2.29. The van der Waals surface area contributed by atoms with Gasteiger partial charge in [-0.1, -0.05) is 47.0 Å². The highest BCUT2D eigenvalue weighted by Gasteiger charge is 2.23. The molecular formula is C14H28Si. The molecule has 1 heteroatoms. The molecule has 0 aliphatic rings. The summed E-state index contributed by atoms with van der Waals surface area (Å²) in [6, 6.07) is 4.01. The zero-order valence-corrected chi connectivity index (χ0v) is 12.2. The van der Waals surface area contributed by atoms with Crippen molar-refractivity contribution in [2.24, 2.45) is 0 Å². The minimum absolute atomic E-state index is 1.13. The van der Waals surface area contributed by atoms with Gasteiger partial charge in [-0.25, -0.2) is 0 Å². The van der Waals surface area contributed by atoms with Crippen LogP contribution in [0.2, 0.25) is 18.1 Å². The Morgan fingerprint density at radius 2 is 1.40 bits per heavy atom. The monoisotopic (exact) mass is 224 g/mol. The molecule has 0 saturated carbocycles. The SMILES string of the molecule is CCCCCCC#C[Si](CC)(CC)CC. The summed E-state index contributed by atoms with van der Waals surface area (Å²) in [6.45, 7) is 9.23. The second kappa shape index (κ2) is 9.04. The maximum absolute atomic E-state index is 3.65. The minimum Gasteiger partial charge on any atom is -0.131 e. The van der Waals surface area contributed by atoms with Gasteiger partial charge in [-0.05, 0) is 24.6 Å². The lowest BCUT2D eigenvalue weighted by atomic mass is 10.2. The zero-order chi connectivity index (χ0) is 11.6. The van der Waals surface area contributed by atoms with Crippen molar-refractivity contribution >= 4 is 8.07 Å². The fourth-order valence-corrected chi connectivity index (χ4v) is 4.44. The first-order valence-electron chi connectivity index (χ1n) is 6.74. The van der Waals surface area contributed by atoms with Crippen molar-refractivity contribution in [2.75, 3.05) is 0 Å². The van der Waals surface area contributed by atoms with Gasteiger partial charge in [-0.2, -0.15) is 0 Å². The standard InChI is InChI=1S/C14H28Si/c1-5-9-10-11-12-13-14-15(6-2,7-3)8-4/h5-12H2,1-4H3. The van der Waals surface area contributed by atoms with E-state index in [-0.39, 0.29) is 0 Å². The van der Waals surface area contributed by atoms with E-state index in [1.165, 1.54) is 43.8 Å². The molecule has 0 aliphatic heterocycles. The Morgan fingerprint density at radius 3 is 1.87 bits per heavy atom. The van der Waals surface area contributed by atoms with Crippen molar-refractivity contribution in [3.63, 3.8) is 0 Å². The average molecular weight is 224 g/mol. The highest BCUT2D eigenvalue weighted by molar-refractivity contribution is 6.87. The van der Waals surface area contributed by atoms with Crippen molar-refractivity contribution in [3.8, 4) is 11.5 Å². The minimum atomic E-state index is -1.15. The van der Waals surface area contributed by atoms with Crippen molar-refractivity contribution in [1.82, 2.24) is 0 Å². The summed E-state index contributed by atoms with van der Waals surface area (Å²) in [5.41, 5.74) is 3.65. The number of rotatable bonds is 7. The van der Waals surface area contributed by atoms with Crippen LogP contribution >= 0.6 is 0 Å². The summed E-state index contributed by atoms with van der Waals surface area (Å²) >= 11 is 0. The predicted molar refractivity (Wildman–Crippen MR) is 73.7 cm³/mol. The molecule has 0 aromatic carbocycles. The molecule has 0 unspecified atom stereocenters. The predicted octanol–water partition coefficient (Wildman–Crippen LogP) is 5.01. The molecule has 0 aromatic heterocycles. The lowest BCUT2D eigenvalue weighted by molar-refractivity contribution is 0.680. The Bertz CT molecular complexity index is 185. The number of hydrogen-bond acceptors (Lipinski definition) is 0. The summed E-state index contributed by atoms with van der Waals surface area (Å²) in [6.07, 6.45) is 6.51. The second-order valence-corrected chi connectivity index (χ2v) is 9.39. The topological polar surface area (TPSA) is 0 Å². The molecule has 0 aliphatic carbocycles. The Hall–Kier alpha value is -0.223. The lowest BCUT2D eigenvalue weighted by Gasteiger charge is -2.20. The maximum atomic E-state index is 3.65. The van der Waals surface area contributed by atoms with Crippen molar-refractivity contribution in [3.05, 3.63) is 0 Å². The molecule has 0 heterocycles. The van der Waals surface area contributed by atoms with Crippen LogP contribution in [0.15, 0.2) is 0 Å². The van der Waals surface area contributed by atoms with Gasteiger partial charge in [0.2, 0.25) is 0 Å². The number of hydrogen-bond donors (Lipinski definition) is 0. The van der Waals surface area contributed by atoms with Crippen molar-refractivity contribution < 1.29 is 0 Å². The summed E-state index contributed by atoms with van der Waals surface area (Å²) in [5, 5.41) is 0. The third kappa shape index (κ3) is 6.05. The Labute approximate surface area is 97.9 Å². The van der Waals surface area contributed by atoms with Crippen LogP contribution in [0.4, 0.5) is 0 Å². The molecule has 0 radical (unpaired) electrons. The van der Waals surface area contributed by atoms with E-state index in [0.29, 0.717) is 0 Å². The molecule has 0 aromatic rings. The quantitative estimate of drug-likeness (QED) is 0.324. The smallest absolute Gasteiger partial charge is 0.131 e. The van der Waals surface area contributed by atoms with Crippen LogP contribution in [0, 0.1) is 11.5 Å². The van der Waals surface area contributed by atoms with Crippen LogP contribution < -0.4 is 0 Å². The van der Waals surface area contributed by atoms with Crippen LogP contribution in [0.25, 0.3) is 0 Å². The van der Waals surface area contributed by atoms with Gasteiger partial charge in [0.25, 0.3) is 0 Å². The van der Waals surface area contributed by atoms with Crippen LogP contribution in [0.5, 0.6) is 0 Å². The first-order chi connectivity index (χ1) is 7.24. The van der Waals surface area contributed by atoms with E-state index >= 15 is 0 Å². The summed E-state index contributed by atoms with van der Waals surface area (Å²) in [7, 11) is -1.15. The van der Waals surface area contributed by atoms with E-state index in [4.69, 9.17) is 0 Å². The molecule has 0 nitrogen and oxygen atoms in total. The largest absolute Gasteiger partial charge is 0.137 e. The fourth-order valence-electron chi connectivity index (χ4n) is 1.91. The first-order valence-corrected chi connectivity index (χ1v) is 9.36. The van der Waals surface area contributed by atoms with Gasteiger partial charge in [0.05, 0.1) is 0 Å². The molecule has 0 saturated heterocycles. The molecule has 0 fully saturated rings. The molecule has 15 heavy (non-hydrogen) atoms. The van der Waals surface area contributed by atoms with E-state index in [9.17, 15) is 0 Å². The van der Waals surface area contributed by atoms with Crippen LogP contribution in [0.3, 0.4) is 0 Å². The first kappa shape index (κ1) is 14.8. The van der Waals surface area contributed by atoms with Crippen molar-refractivity contribution in [1.29, 1.82) is 0 Å². The van der Waals surface area contributed by atoms with Crippen molar-refractivity contribution in [2.45, 2.75) is 77.9 Å². The van der Waals surface area contributed by atoms with Crippen LogP contribution in [0.1, 0.15) is 59.8 Å². The van der Waals surface area contributed by atoms with Crippen LogP contribution in [-0.4, -0.2) is 8.07 Å². The highest BCUT2D eigenvalue weighted by Crippen LogP contribution is 2.18.